The van der Waals surface area contributed by atoms with Crippen molar-refractivity contribution in [2.45, 2.75) is 53.2 Å². The number of aliphatic hydroxyl groups excluding tert-OH is 3. The van der Waals surface area contributed by atoms with E-state index in [-0.39, 0.29) is 0 Å². The Labute approximate surface area is 122 Å². The van der Waals surface area contributed by atoms with Crippen LogP contribution in [0.4, 0.5) is 0 Å². The summed E-state index contributed by atoms with van der Waals surface area (Å²) in [5, 5.41) is 50.0. The average Bonchev–Trinajstić information content (AvgIpc) is 2.30. The summed E-state index contributed by atoms with van der Waals surface area (Å²) in [4.78, 5) is -1.51. The molecule has 108 valence electrons. The van der Waals surface area contributed by atoms with Gasteiger partial charge in [0.1, 0.15) is 18.3 Å². The zero-order valence-corrected chi connectivity index (χ0v) is 13.2. The van der Waals surface area contributed by atoms with Gasteiger partial charge < -0.3 is 30.3 Å². The summed E-state index contributed by atoms with van der Waals surface area (Å²) in [6.45, 7) is 2.45. The van der Waals surface area contributed by atoms with Gasteiger partial charge in [0, 0.05) is 4.83 Å². The highest BCUT2D eigenvalue weighted by Crippen LogP contribution is 2.44. The molecule has 18 heavy (non-hydrogen) atoms. The van der Waals surface area contributed by atoms with Crippen molar-refractivity contribution in [1.29, 1.82) is 0 Å². The van der Waals surface area contributed by atoms with Gasteiger partial charge in [0.05, 0.1) is 11.4 Å². The molecular formula is C10H18Br2O6. The molecule has 0 saturated carbocycles. The minimum atomic E-state index is -2.16. The zero-order chi connectivity index (χ0) is 14.3. The number of hydrogen-bond donors (Lipinski definition) is 5. The third-order valence-electron chi connectivity index (χ3n) is 3.39. The van der Waals surface area contributed by atoms with Gasteiger partial charge in [-0.25, -0.2) is 0 Å². The Morgan fingerprint density at radius 1 is 1.17 bits per heavy atom. The first-order chi connectivity index (χ1) is 8.12. The molecule has 6 nitrogen and oxygen atoms in total. The van der Waals surface area contributed by atoms with E-state index in [9.17, 15) is 20.4 Å². The lowest BCUT2D eigenvalue weighted by Crippen LogP contribution is -2.77. The minimum absolute atomic E-state index is 0.590. The van der Waals surface area contributed by atoms with E-state index in [1.165, 1.54) is 13.8 Å². The third kappa shape index (κ3) is 2.26. The predicted octanol–water partition coefficient (Wildman–Crippen LogP) is -0.914. The van der Waals surface area contributed by atoms with Crippen LogP contribution in [0.1, 0.15) is 13.8 Å². The van der Waals surface area contributed by atoms with Crippen LogP contribution in [0.15, 0.2) is 0 Å². The number of alkyl halides is 2. The van der Waals surface area contributed by atoms with E-state index in [0.717, 1.165) is 0 Å². The Kier molecular flexibility index (Phi) is 5.23. The first-order valence-electron chi connectivity index (χ1n) is 5.50. The largest absolute Gasteiger partial charge is 0.394 e. The van der Waals surface area contributed by atoms with Crippen LogP contribution in [0.3, 0.4) is 0 Å². The third-order valence-corrected chi connectivity index (χ3v) is 4.70. The molecule has 0 amide bonds. The molecule has 0 aromatic carbocycles. The van der Waals surface area contributed by atoms with E-state index >= 15 is 0 Å². The van der Waals surface area contributed by atoms with Gasteiger partial charge in [0.2, 0.25) is 5.79 Å². The van der Waals surface area contributed by atoms with E-state index in [1.54, 1.807) is 0 Å². The van der Waals surface area contributed by atoms with Crippen molar-refractivity contribution in [2.24, 2.45) is 0 Å². The van der Waals surface area contributed by atoms with Crippen molar-refractivity contribution in [3.63, 3.8) is 0 Å². The van der Waals surface area contributed by atoms with Crippen molar-refractivity contribution >= 4 is 31.9 Å². The lowest BCUT2D eigenvalue weighted by Gasteiger charge is -2.55. The number of halogens is 2. The molecule has 0 aromatic heterocycles. The highest BCUT2D eigenvalue weighted by atomic mass is 79.9. The molecule has 1 rings (SSSR count). The van der Waals surface area contributed by atoms with Gasteiger partial charge in [-0.3, -0.25) is 0 Å². The summed E-state index contributed by atoms with van der Waals surface area (Å²) in [7, 11) is 0. The second kappa shape index (κ2) is 5.61. The van der Waals surface area contributed by atoms with Crippen molar-refractivity contribution in [1.82, 2.24) is 0 Å². The van der Waals surface area contributed by atoms with Crippen LogP contribution >= 0.6 is 31.9 Å². The van der Waals surface area contributed by atoms with Crippen molar-refractivity contribution < 1.29 is 30.3 Å². The molecular weight excluding hydrogens is 376 g/mol. The van der Waals surface area contributed by atoms with Gasteiger partial charge in [-0.1, -0.05) is 31.9 Å². The van der Waals surface area contributed by atoms with E-state index in [2.05, 4.69) is 31.9 Å². The number of aliphatic hydroxyl groups is 5. The van der Waals surface area contributed by atoms with E-state index < -0.39 is 46.0 Å². The molecule has 1 aliphatic rings. The van der Waals surface area contributed by atoms with E-state index in [0.29, 0.717) is 0 Å². The summed E-state index contributed by atoms with van der Waals surface area (Å²) >= 11 is 6.21. The quantitative estimate of drug-likeness (QED) is 0.397. The number of hydrogen-bond acceptors (Lipinski definition) is 6. The zero-order valence-electron chi connectivity index (χ0n) is 9.99. The smallest absolute Gasteiger partial charge is 0.211 e. The molecule has 7 atom stereocenters. The van der Waals surface area contributed by atoms with Crippen LogP contribution in [-0.4, -0.2) is 71.5 Å². The Bertz CT molecular complexity index is 302. The molecule has 1 fully saturated rings. The molecule has 1 saturated heterocycles. The maximum Gasteiger partial charge on any atom is 0.211 e. The van der Waals surface area contributed by atoms with Crippen LogP contribution in [0, 0.1) is 0 Å². The fourth-order valence-electron chi connectivity index (χ4n) is 2.15. The van der Waals surface area contributed by atoms with Gasteiger partial charge >= 0.3 is 0 Å². The summed E-state index contributed by atoms with van der Waals surface area (Å²) in [6.07, 6.45) is -4.37. The van der Waals surface area contributed by atoms with Gasteiger partial charge in [-0.05, 0) is 13.8 Å². The highest BCUT2D eigenvalue weighted by molar-refractivity contribution is 9.09. The van der Waals surface area contributed by atoms with Crippen molar-refractivity contribution in [2.75, 3.05) is 6.61 Å². The topological polar surface area (TPSA) is 110 Å². The van der Waals surface area contributed by atoms with E-state index in [1.807, 2.05) is 0 Å². The second-order valence-corrected chi connectivity index (χ2v) is 7.28. The monoisotopic (exact) mass is 392 g/mol. The van der Waals surface area contributed by atoms with Crippen LogP contribution in [0.2, 0.25) is 0 Å². The van der Waals surface area contributed by atoms with Crippen LogP contribution in [0.5, 0.6) is 0 Å². The molecule has 1 aliphatic heterocycles. The first kappa shape index (κ1) is 16.8. The maximum atomic E-state index is 10.5. The Balaban J connectivity index is 3.27. The van der Waals surface area contributed by atoms with Crippen LogP contribution < -0.4 is 0 Å². The Morgan fingerprint density at radius 3 is 2.00 bits per heavy atom. The molecule has 5 N–H and O–H groups in total. The molecule has 3 unspecified atom stereocenters. The summed E-state index contributed by atoms with van der Waals surface area (Å²) in [5.41, 5.74) is -2.14. The second-order valence-electron chi connectivity index (χ2n) is 4.53. The average molecular weight is 394 g/mol. The molecule has 0 bridgehead atoms. The Morgan fingerprint density at radius 2 is 1.67 bits per heavy atom. The molecule has 0 aliphatic carbocycles. The standard InChI is InChI=1S/C10H18Br2O6/c1-4(11)9(16)8(15)7(14)6(3-13)18-10(9,17)5(2)12/h4-8,13-17H,3H2,1-2H3/t4?,5?,6-,7-,8+,9-,10?/m1/s1. The Hall–Kier alpha value is 0.720. The summed E-state index contributed by atoms with van der Waals surface area (Å²) < 4.78 is 5.21. The fraction of sp³-hybridized carbons (Fsp3) is 1.00. The van der Waals surface area contributed by atoms with Gasteiger partial charge in [-0.2, -0.15) is 0 Å². The molecule has 0 aromatic rings. The summed E-state index contributed by atoms with van der Waals surface area (Å²) in [6, 6.07) is 0. The highest BCUT2D eigenvalue weighted by Gasteiger charge is 2.66. The van der Waals surface area contributed by atoms with E-state index in [4.69, 9.17) is 9.84 Å². The van der Waals surface area contributed by atoms with Gasteiger partial charge in [0.15, 0.2) is 5.60 Å². The number of rotatable bonds is 3. The van der Waals surface area contributed by atoms with Gasteiger partial charge in [0.25, 0.3) is 0 Å². The normalized spacial score (nSPS) is 48.8. The van der Waals surface area contributed by atoms with Crippen molar-refractivity contribution in [3.8, 4) is 0 Å². The first-order valence-corrected chi connectivity index (χ1v) is 7.33. The van der Waals surface area contributed by atoms with Crippen molar-refractivity contribution in [3.05, 3.63) is 0 Å². The molecule has 8 heteroatoms. The minimum Gasteiger partial charge on any atom is -0.394 e. The number of ether oxygens (including phenoxy) is 1. The lowest BCUT2D eigenvalue weighted by molar-refractivity contribution is -0.385. The SMILES string of the molecule is CC(Br)C1(O)O[C@H](CO)[C@@H](O)[C@H](O)[C@]1(O)C(C)Br. The lowest BCUT2D eigenvalue weighted by atomic mass is 9.76. The van der Waals surface area contributed by atoms with Crippen LogP contribution in [-0.2, 0) is 4.74 Å². The summed E-state index contributed by atoms with van der Waals surface area (Å²) in [5.74, 6) is -2.16. The fourth-order valence-corrected chi connectivity index (χ4v) is 3.22. The predicted molar refractivity (Wildman–Crippen MR) is 70.7 cm³/mol. The van der Waals surface area contributed by atoms with Gasteiger partial charge in [-0.15, -0.1) is 0 Å². The molecule has 1 heterocycles. The van der Waals surface area contributed by atoms with Crippen LogP contribution in [0.25, 0.3) is 0 Å². The molecule has 0 spiro atoms. The maximum absolute atomic E-state index is 10.5. The molecule has 0 radical (unpaired) electrons.